The summed E-state index contributed by atoms with van der Waals surface area (Å²) in [5.41, 5.74) is 0. The average Bonchev–Trinajstić information content (AvgIpc) is 2.05. The third-order valence-corrected chi connectivity index (χ3v) is 2.09. The Kier molecular flexibility index (Phi) is 2.82. The Balaban J connectivity index is 2.38. The molecule has 0 aromatic carbocycles. The molecule has 1 heterocycles. The largest absolute Gasteiger partial charge is 0.371 e. The van der Waals surface area contributed by atoms with Crippen molar-refractivity contribution in [1.29, 1.82) is 0 Å². The van der Waals surface area contributed by atoms with E-state index in [1.165, 1.54) is 0 Å². The minimum atomic E-state index is -0.546. The van der Waals surface area contributed by atoms with E-state index < -0.39 is 6.04 Å². The van der Waals surface area contributed by atoms with Crippen LogP contribution in [0.2, 0.25) is 0 Å². The second kappa shape index (κ2) is 3.67. The highest BCUT2D eigenvalue weighted by Crippen LogP contribution is 2.16. The number of hydrogen-bond donors (Lipinski definition) is 0. The van der Waals surface area contributed by atoms with E-state index in [0.29, 0.717) is 6.61 Å². The van der Waals surface area contributed by atoms with Crippen molar-refractivity contribution >= 4 is 0 Å². The molecular weight excluding hydrogens is 146 g/mol. The lowest BCUT2D eigenvalue weighted by atomic mass is 10.0. The van der Waals surface area contributed by atoms with Crippen LogP contribution in [-0.4, -0.2) is 23.7 Å². The Labute approximate surface area is 65.7 Å². The van der Waals surface area contributed by atoms with Crippen molar-refractivity contribution in [2.45, 2.75) is 38.3 Å². The summed E-state index contributed by atoms with van der Waals surface area (Å²) in [6.45, 7) is 2.29. The zero-order valence-electron chi connectivity index (χ0n) is 6.66. The van der Waals surface area contributed by atoms with Gasteiger partial charge in [-0.1, -0.05) is 0 Å². The highest BCUT2D eigenvalue weighted by Gasteiger charge is 2.28. The second-order valence-corrected chi connectivity index (χ2v) is 2.93. The fraction of sp³-hybridized carbons (Fsp3) is 1.00. The smallest absolute Gasteiger partial charge is 0.236 e. The number of hydrogen-bond acceptors (Lipinski definition) is 3. The standard InChI is InChI=1S/C7H13NO3/c1-6(8(9)10)7-4-2-3-5-11-7/h6-7H,2-5H2,1H3. The number of rotatable bonds is 2. The molecule has 0 spiro atoms. The van der Waals surface area contributed by atoms with E-state index in [0.717, 1.165) is 19.3 Å². The third kappa shape index (κ3) is 2.15. The summed E-state index contributed by atoms with van der Waals surface area (Å²) in [4.78, 5) is 10.1. The minimum absolute atomic E-state index is 0.154. The van der Waals surface area contributed by atoms with Crippen molar-refractivity contribution in [3.63, 3.8) is 0 Å². The van der Waals surface area contributed by atoms with Crippen molar-refractivity contribution in [2.24, 2.45) is 0 Å². The van der Waals surface area contributed by atoms with Gasteiger partial charge in [0, 0.05) is 18.5 Å². The summed E-state index contributed by atoms with van der Waals surface area (Å²) in [6.07, 6.45) is 2.78. The maximum absolute atomic E-state index is 10.3. The van der Waals surface area contributed by atoms with Gasteiger partial charge >= 0.3 is 0 Å². The van der Waals surface area contributed by atoms with E-state index >= 15 is 0 Å². The van der Waals surface area contributed by atoms with Gasteiger partial charge in [0.15, 0.2) is 0 Å². The zero-order chi connectivity index (χ0) is 8.27. The average molecular weight is 159 g/mol. The Morgan fingerprint density at radius 1 is 1.64 bits per heavy atom. The van der Waals surface area contributed by atoms with Crippen LogP contribution in [0, 0.1) is 10.1 Å². The highest BCUT2D eigenvalue weighted by molar-refractivity contribution is 4.68. The molecule has 0 aliphatic carbocycles. The summed E-state index contributed by atoms with van der Waals surface area (Å²) >= 11 is 0. The van der Waals surface area contributed by atoms with Gasteiger partial charge in [0.05, 0.1) is 0 Å². The molecule has 4 nitrogen and oxygen atoms in total. The summed E-state index contributed by atoms with van der Waals surface area (Å²) in [5, 5.41) is 10.3. The molecule has 0 amide bonds. The first-order valence-corrected chi connectivity index (χ1v) is 3.97. The molecule has 0 radical (unpaired) electrons. The van der Waals surface area contributed by atoms with E-state index in [-0.39, 0.29) is 11.0 Å². The zero-order valence-corrected chi connectivity index (χ0v) is 6.66. The molecule has 0 N–H and O–H groups in total. The van der Waals surface area contributed by atoms with Crippen LogP contribution >= 0.6 is 0 Å². The van der Waals surface area contributed by atoms with Gasteiger partial charge in [0.25, 0.3) is 0 Å². The van der Waals surface area contributed by atoms with E-state index in [2.05, 4.69) is 0 Å². The summed E-state index contributed by atoms with van der Waals surface area (Å²) in [6, 6.07) is -0.546. The molecule has 64 valence electrons. The van der Waals surface area contributed by atoms with Crippen LogP contribution in [0.3, 0.4) is 0 Å². The molecular formula is C7H13NO3. The second-order valence-electron chi connectivity index (χ2n) is 2.93. The SMILES string of the molecule is CC(C1CCCCO1)[N+](=O)[O-]. The van der Waals surface area contributed by atoms with Crippen LogP contribution < -0.4 is 0 Å². The Bertz CT molecular complexity index is 143. The predicted octanol–water partition coefficient (Wildman–Crippen LogP) is 1.22. The van der Waals surface area contributed by atoms with Crippen LogP contribution in [0.1, 0.15) is 26.2 Å². The summed E-state index contributed by atoms with van der Waals surface area (Å²) in [7, 11) is 0. The lowest BCUT2D eigenvalue weighted by Gasteiger charge is -2.22. The lowest BCUT2D eigenvalue weighted by Crippen LogP contribution is -2.35. The number of ether oxygens (including phenoxy) is 1. The molecule has 11 heavy (non-hydrogen) atoms. The molecule has 0 saturated carbocycles. The van der Waals surface area contributed by atoms with Crippen molar-refractivity contribution in [1.82, 2.24) is 0 Å². The van der Waals surface area contributed by atoms with Gasteiger partial charge in [-0.15, -0.1) is 0 Å². The van der Waals surface area contributed by atoms with E-state index in [1.54, 1.807) is 6.92 Å². The number of nitrogens with zero attached hydrogens (tertiary/aromatic N) is 1. The minimum Gasteiger partial charge on any atom is -0.371 e. The molecule has 1 fully saturated rings. The summed E-state index contributed by atoms with van der Waals surface area (Å²) in [5.74, 6) is 0. The lowest BCUT2D eigenvalue weighted by molar-refractivity contribution is -0.531. The van der Waals surface area contributed by atoms with Gasteiger partial charge in [-0.05, 0) is 19.3 Å². The van der Waals surface area contributed by atoms with E-state index in [4.69, 9.17) is 4.74 Å². The van der Waals surface area contributed by atoms with Crippen LogP contribution in [0.15, 0.2) is 0 Å². The molecule has 0 aromatic rings. The number of nitro groups is 1. The van der Waals surface area contributed by atoms with Crippen molar-refractivity contribution in [3.8, 4) is 0 Å². The molecule has 4 heteroatoms. The molecule has 1 aliphatic heterocycles. The fourth-order valence-corrected chi connectivity index (χ4v) is 1.28. The summed E-state index contributed by atoms with van der Waals surface area (Å²) < 4.78 is 5.26. The first-order valence-electron chi connectivity index (χ1n) is 3.97. The van der Waals surface area contributed by atoms with E-state index in [9.17, 15) is 10.1 Å². The van der Waals surface area contributed by atoms with Gasteiger partial charge in [-0.2, -0.15) is 0 Å². The Morgan fingerprint density at radius 3 is 2.82 bits per heavy atom. The predicted molar refractivity (Wildman–Crippen MR) is 40.0 cm³/mol. The molecule has 0 bridgehead atoms. The third-order valence-electron chi connectivity index (χ3n) is 2.09. The quantitative estimate of drug-likeness (QED) is 0.449. The molecule has 1 rings (SSSR count). The molecule has 1 aliphatic rings. The Hall–Kier alpha value is -0.640. The van der Waals surface area contributed by atoms with Crippen molar-refractivity contribution in [2.75, 3.05) is 6.61 Å². The van der Waals surface area contributed by atoms with Crippen molar-refractivity contribution < 1.29 is 9.66 Å². The molecule has 2 atom stereocenters. The molecule has 0 aromatic heterocycles. The van der Waals surface area contributed by atoms with Crippen LogP contribution in [-0.2, 0) is 4.74 Å². The monoisotopic (exact) mass is 159 g/mol. The first-order chi connectivity index (χ1) is 5.22. The van der Waals surface area contributed by atoms with Gasteiger partial charge in [0.1, 0.15) is 6.10 Å². The van der Waals surface area contributed by atoms with Gasteiger partial charge in [0.2, 0.25) is 6.04 Å². The first kappa shape index (κ1) is 8.46. The van der Waals surface area contributed by atoms with Crippen LogP contribution in [0.25, 0.3) is 0 Å². The molecule has 2 unspecified atom stereocenters. The van der Waals surface area contributed by atoms with Crippen LogP contribution in [0.5, 0.6) is 0 Å². The maximum Gasteiger partial charge on any atom is 0.236 e. The van der Waals surface area contributed by atoms with Gasteiger partial charge in [-0.3, -0.25) is 10.1 Å². The van der Waals surface area contributed by atoms with Gasteiger partial charge < -0.3 is 4.74 Å². The highest BCUT2D eigenvalue weighted by atomic mass is 16.6. The Morgan fingerprint density at radius 2 is 2.36 bits per heavy atom. The van der Waals surface area contributed by atoms with Gasteiger partial charge in [-0.25, -0.2) is 0 Å². The molecule has 1 saturated heterocycles. The van der Waals surface area contributed by atoms with Crippen molar-refractivity contribution in [3.05, 3.63) is 10.1 Å². The topological polar surface area (TPSA) is 52.4 Å². The maximum atomic E-state index is 10.3. The van der Waals surface area contributed by atoms with Crippen LogP contribution in [0.4, 0.5) is 0 Å². The van der Waals surface area contributed by atoms with E-state index in [1.807, 2.05) is 0 Å². The fourth-order valence-electron chi connectivity index (χ4n) is 1.28. The normalized spacial score (nSPS) is 27.9.